The first-order valence-electron chi connectivity index (χ1n) is 18.1. The maximum absolute atomic E-state index is 2.65. The molecule has 0 saturated heterocycles. The smallest absolute Gasteiger partial charge is 0.247 e. The van der Waals surface area contributed by atoms with Gasteiger partial charge in [0.15, 0.2) is 0 Å². The number of hydrogen-bond donors (Lipinski definition) is 0. The number of aryl methyl sites for hydroxylation is 3. The first-order chi connectivity index (χ1) is 22.8. The Morgan fingerprint density at radius 2 is 0.792 bits per heavy atom. The summed E-state index contributed by atoms with van der Waals surface area (Å²) in [5.74, 6) is 0. The van der Waals surface area contributed by atoms with Gasteiger partial charge < -0.3 is 4.90 Å². The topological polar surface area (TPSA) is 3.24 Å². The molecule has 1 nitrogen and oxygen atoms in total. The van der Waals surface area contributed by atoms with Crippen LogP contribution >= 0.6 is 0 Å². The predicted molar refractivity (Wildman–Crippen MR) is 214 cm³/mol. The Bertz CT molecular complexity index is 1980. The van der Waals surface area contributed by atoms with Gasteiger partial charge in [0.2, 0.25) is 13.4 Å². The molecule has 2 aliphatic rings. The van der Waals surface area contributed by atoms with Crippen LogP contribution in [0.25, 0.3) is 0 Å². The summed E-state index contributed by atoms with van der Waals surface area (Å²) < 4.78 is 0. The van der Waals surface area contributed by atoms with Gasteiger partial charge in [-0.2, -0.15) is 0 Å². The van der Waals surface area contributed by atoms with Crippen LogP contribution in [0, 0.1) is 83.1 Å². The zero-order valence-corrected chi connectivity index (χ0v) is 31.6. The SMILES string of the molecule is CCCc1cc2c3c(c1)B(c1c(C)c(C)c(C)c(C)c1C)c1cc(C)ccc1N3c1ccc(C)cc1B2c1c(C)c(C)c(C)c(C)c1C. The van der Waals surface area contributed by atoms with Gasteiger partial charge in [0.05, 0.1) is 0 Å². The highest BCUT2D eigenvalue weighted by Gasteiger charge is 2.45. The van der Waals surface area contributed by atoms with Crippen LogP contribution in [0.4, 0.5) is 17.1 Å². The molecule has 0 N–H and O–H groups in total. The number of anilines is 3. The van der Waals surface area contributed by atoms with Crippen LogP contribution < -0.4 is 37.7 Å². The summed E-state index contributed by atoms with van der Waals surface area (Å²) in [6.45, 7) is 30.6. The molecule has 5 aromatic carbocycles. The van der Waals surface area contributed by atoms with Crippen LogP contribution in [-0.2, 0) is 6.42 Å². The van der Waals surface area contributed by atoms with Crippen molar-refractivity contribution in [3.05, 3.63) is 121 Å². The third-order valence-corrected chi connectivity index (χ3v) is 12.8. The van der Waals surface area contributed by atoms with E-state index in [1.807, 2.05) is 0 Å². The summed E-state index contributed by atoms with van der Waals surface area (Å²) in [4.78, 5) is 2.65. The van der Waals surface area contributed by atoms with Crippen molar-refractivity contribution >= 4 is 63.3 Å². The number of nitrogens with zero attached hydrogens (tertiary/aromatic N) is 1. The van der Waals surface area contributed by atoms with Gasteiger partial charge in [-0.3, -0.25) is 0 Å². The quantitative estimate of drug-likeness (QED) is 0.183. The van der Waals surface area contributed by atoms with Gasteiger partial charge >= 0.3 is 0 Å². The molecule has 2 heterocycles. The van der Waals surface area contributed by atoms with Crippen LogP contribution in [0.5, 0.6) is 0 Å². The van der Waals surface area contributed by atoms with Crippen LogP contribution in [0.1, 0.15) is 85.7 Å². The van der Waals surface area contributed by atoms with Gasteiger partial charge in [-0.25, -0.2) is 0 Å². The number of benzene rings is 5. The molecule has 0 aliphatic carbocycles. The third-order valence-electron chi connectivity index (χ3n) is 12.8. The fourth-order valence-corrected chi connectivity index (χ4v) is 9.35. The van der Waals surface area contributed by atoms with E-state index in [1.54, 1.807) is 0 Å². The maximum Gasteiger partial charge on any atom is 0.247 e. The van der Waals surface area contributed by atoms with Crippen molar-refractivity contribution in [3.8, 4) is 0 Å². The van der Waals surface area contributed by atoms with Gasteiger partial charge in [-0.1, -0.05) is 94.0 Å². The standard InChI is InChI=1S/C45H51B2N/c1-14-15-36-22-39-45-40(23-36)47(44-34(12)30(8)27(5)31(9)35(44)13)38-21-25(3)17-19-42(38)48(45)41-18-16-24(2)20-37(41)46(39)43-32(10)28(6)26(4)29(7)33(43)11/h16-23H,14-15H2,1-13H3. The first kappa shape index (κ1) is 32.6. The lowest BCUT2D eigenvalue weighted by molar-refractivity contribution is 0.923. The Morgan fingerprint density at radius 1 is 0.438 bits per heavy atom. The minimum absolute atomic E-state index is 0.163. The van der Waals surface area contributed by atoms with Crippen molar-refractivity contribution in [3.63, 3.8) is 0 Å². The van der Waals surface area contributed by atoms with Gasteiger partial charge in [-0.05, 0) is 162 Å². The zero-order chi connectivity index (χ0) is 34.5. The average Bonchev–Trinajstić information content (AvgIpc) is 3.06. The minimum Gasteiger partial charge on any atom is -0.313 e. The van der Waals surface area contributed by atoms with E-state index in [9.17, 15) is 0 Å². The lowest BCUT2D eigenvalue weighted by atomic mass is 9.29. The summed E-state index contributed by atoms with van der Waals surface area (Å²) >= 11 is 0. The lowest BCUT2D eigenvalue weighted by Crippen LogP contribution is -2.66. The van der Waals surface area contributed by atoms with E-state index in [2.05, 4.69) is 143 Å². The molecule has 0 aromatic heterocycles. The van der Waals surface area contributed by atoms with Crippen LogP contribution in [-0.4, -0.2) is 13.4 Å². The van der Waals surface area contributed by atoms with Crippen molar-refractivity contribution in [2.75, 3.05) is 4.90 Å². The lowest BCUT2D eigenvalue weighted by Gasteiger charge is -2.45. The van der Waals surface area contributed by atoms with E-state index in [0.717, 1.165) is 12.8 Å². The molecule has 0 spiro atoms. The second kappa shape index (κ2) is 11.6. The van der Waals surface area contributed by atoms with Crippen LogP contribution in [0.15, 0.2) is 48.5 Å². The molecule has 5 aromatic rings. The number of rotatable bonds is 4. The summed E-state index contributed by atoms with van der Waals surface area (Å²) in [5.41, 5.74) is 31.3. The summed E-state index contributed by atoms with van der Waals surface area (Å²) in [6.07, 6.45) is 2.21. The average molecular weight is 628 g/mol. The predicted octanol–water partition coefficient (Wildman–Crippen LogP) is 7.47. The molecular formula is C45H51B2N. The molecule has 0 saturated carbocycles. The molecule has 242 valence electrons. The largest absolute Gasteiger partial charge is 0.313 e. The molecule has 0 radical (unpaired) electrons. The van der Waals surface area contributed by atoms with Crippen molar-refractivity contribution in [2.24, 2.45) is 0 Å². The molecule has 0 bridgehead atoms. The molecule has 0 atom stereocenters. The number of hydrogen-bond acceptors (Lipinski definition) is 1. The van der Waals surface area contributed by atoms with Crippen molar-refractivity contribution in [1.29, 1.82) is 0 Å². The fourth-order valence-electron chi connectivity index (χ4n) is 9.35. The van der Waals surface area contributed by atoms with Crippen molar-refractivity contribution in [2.45, 2.75) is 103 Å². The third kappa shape index (κ3) is 4.53. The normalized spacial score (nSPS) is 13.1. The molecule has 2 aliphatic heterocycles. The first-order valence-corrected chi connectivity index (χ1v) is 18.1. The van der Waals surface area contributed by atoms with E-state index in [-0.39, 0.29) is 13.4 Å². The highest BCUT2D eigenvalue weighted by atomic mass is 15.2. The highest BCUT2D eigenvalue weighted by Crippen LogP contribution is 2.39. The monoisotopic (exact) mass is 627 g/mol. The van der Waals surface area contributed by atoms with E-state index in [1.165, 1.54) is 122 Å². The van der Waals surface area contributed by atoms with Gasteiger partial charge in [0.1, 0.15) is 0 Å². The van der Waals surface area contributed by atoms with Gasteiger partial charge in [-0.15, -0.1) is 0 Å². The Morgan fingerprint density at radius 3 is 1.15 bits per heavy atom. The molecule has 0 unspecified atom stereocenters. The molecule has 48 heavy (non-hydrogen) atoms. The Labute approximate surface area is 291 Å². The molecule has 7 rings (SSSR count). The van der Waals surface area contributed by atoms with Crippen LogP contribution in [0.2, 0.25) is 0 Å². The van der Waals surface area contributed by atoms with E-state index < -0.39 is 0 Å². The second-order valence-electron chi connectivity index (χ2n) is 15.3. The minimum atomic E-state index is 0.163. The molecular weight excluding hydrogens is 576 g/mol. The Hall–Kier alpha value is -3.97. The molecule has 0 amide bonds. The second-order valence-corrected chi connectivity index (χ2v) is 15.3. The maximum atomic E-state index is 2.65. The van der Waals surface area contributed by atoms with Crippen molar-refractivity contribution < 1.29 is 0 Å². The Balaban J connectivity index is 1.68. The molecule has 0 fully saturated rings. The number of fused-ring (bicyclic) bond motifs is 4. The summed E-state index contributed by atoms with van der Waals surface area (Å²) in [6, 6.07) is 19.6. The van der Waals surface area contributed by atoms with Gasteiger partial charge in [0, 0.05) is 17.1 Å². The highest BCUT2D eigenvalue weighted by molar-refractivity contribution is 7.02. The van der Waals surface area contributed by atoms with E-state index in [0.29, 0.717) is 0 Å². The van der Waals surface area contributed by atoms with Crippen molar-refractivity contribution in [1.82, 2.24) is 0 Å². The van der Waals surface area contributed by atoms with Crippen LogP contribution in [0.3, 0.4) is 0 Å². The zero-order valence-electron chi connectivity index (χ0n) is 31.6. The van der Waals surface area contributed by atoms with E-state index in [4.69, 9.17) is 0 Å². The van der Waals surface area contributed by atoms with E-state index >= 15 is 0 Å². The summed E-state index contributed by atoms with van der Waals surface area (Å²) in [5, 5.41) is 0. The summed E-state index contributed by atoms with van der Waals surface area (Å²) in [7, 11) is 0. The fraction of sp³-hybridized carbons (Fsp3) is 0.333. The Kier molecular flexibility index (Phi) is 7.86. The van der Waals surface area contributed by atoms with Gasteiger partial charge in [0.25, 0.3) is 0 Å². The molecule has 3 heteroatoms.